The number of hydrogen-bond acceptors (Lipinski definition) is 2. The topological polar surface area (TPSA) is 22.1 Å². The molecule has 0 unspecified atom stereocenters. The van der Waals surface area contributed by atoms with Crippen molar-refractivity contribution in [1.82, 2.24) is 4.98 Å². The quantitative estimate of drug-likeness (QED) is 0.725. The molecule has 0 aliphatic heterocycles. The highest BCUT2D eigenvalue weighted by atomic mass is 16.5. The van der Waals surface area contributed by atoms with Crippen LogP contribution in [-0.4, -0.2) is 4.98 Å². The zero-order valence-corrected chi connectivity index (χ0v) is 8.76. The van der Waals surface area contributed by atoms with Crippen molar-refractivity contribution in [2.75, 3.05) is 0 Å². The van der Waals surface area contributed by atoms with Gasteiger partial charge in [0.05, 0.1) is 12.1 Å². The van der Waals surface area contributed by atoms with Crippen LogP contribution in [-0.2, 0) is 6.42 Å². The summed E-state index contributed by atoms with van der Waals surface area (Å²) in [5.74, 6) is 3.90. The molecule has 2 heteroatoms. The fraction of sp³-hybridized carbons (Fsp3) is 0.0714. The lowest BCUT2D eigenvalue weighted by Gasteiger charge is -2.04. The lowest BCUT2D eigenvalue weighted by Crippen LogP contribution is -1.92. The molecule has 0 bridgehead atoms. The van der Waals surface area contributed by atoms with Gasteiger partial charge in [-0.1, -0.05) is 24.3 Å². The normalized spacial score (nSPS) is 9.44. The molecule has 2 nitrogen and oxygen atoms in total. The van der Waals surface area contributed by atoms with Crippen molar-refractivity contribution < 1.29 is 4.74 Å². The summed E-state index contributed by atoms with van der Waals surface area (Å²) in [7, 11) is 0. The Bertz CT molecular complexity index is 500. The number of benzene rings is 1. The monoisotopic (exact) mass is 209 g/mol. The minimum Gasteiger partial charge on any atom is -0.439 e. The molecule has 16 heavy (non-hydrogen) atoms. The maximum atomic E-state index is 5.59. The second-order valence-corrected chi connectivity index (χ2v) is 3.26. The van der Waals surface area contributed by atoms with E-state index in [0.29, 0.717) is 12.3 Å². The molecule has 0 aliphatic rings. The number of rotatable bonds is 3. The van der Waals surface area contributed by atoms with Gasteiger partial charge in [-0.3, -0.25) is 0 Å². The van der Waals surface area contributed by atoms with E-state index in [1.807, 2.05) is 48.5 Å². The van der Waals surface area contributed by atoms with E-state index < -0.39 is 0 Å². The molecular formula is C14H11NO. The number of hydrogen-bond donors (Lipinski definition) is 0. The fourth-order valence-electron chi connectivity index (χ4n) is 1.33. The molecule has 0 atom stereocenters. The molecule has 0 saturated heterocycles. The summed E-state index contributed by atoms with van der Waals surface area (Å²) in [4.78, 5) is 4.29. The minimum absolute atomic E-state index is 0.520. The number of terminal acetylenes is 1. The molecule has 1 aromatic carbocycles. The first-order valence-corrected chi connectivity index (χ1v) is 5.01. The van der Waals surface area contributed by atoms with Crippen LogP contribution in [0, 0.1) is 12.3 Å². The second kappa shape index (κ2) is 4.99. The van der Waals surface area contributed by atoms with Crippen LogP contribution in [0.3, 0.4) is 0 Å². The van der Waals surface area contributed by atoms with Crippen molar-refractivity contribution in [2.24, 2.45) is 0 Å². The lowest BCUT2D eigenvalue weighted by molar-refractivity contribution is 0.461. The highest BCUT2D eigenvalue weighted by Crippen LogP contribution is 2.18. The number of pyridine rings is 1. The van der Waals surface area contributed by atoms with Crippen LogP contribution in [0.2, 0.25) is 0 Å². The van der Waals surface area contributed by atoms with Crippen LogP contribution >= 0.6 is 0 Å². The average molecular weight is 209 g/mol. The van der Waals surface area contributed by atoms with E-state index in [0.717, 1.165) is 11.4 Å². The maximum Gasteiger partial charge on any atom is 0.219 e. The minimum atomic E-state index is 0.520. The van der Waals surface area contributed by atoms with Gasteiger partial charge in [-0.05, 0) is 18.2 Å². The van der Waals surface area contributed by atoms with E-state index in [1.165, 1.54) is 0 Å². The molecule has 2 rings (SSSR count). The highest BCUT2D eigenvalue weighted by Gasteiger charge is 1.98. The van der Waals surface area contributed by atoms with E-state index in [9.17, 15) is 0 Å². The van der Waals surface area contributed by atoms with E-state index in [1.54, 1.807) is 0 Å². The molecule has 0 amide bonds. The lowest BCUT2D eigenvalue weighted by atomic mass is 10.3. The molecule has 0 aliphatic carbocycles. The van der Waals surface area contributed by atoms with Gasteiger partial charge < -0.3 is 4.74 Å². The molecular weight excluding hydrogens is 198 g/mol. The predicted octanol–water partition coefficient (Wildman–Crippen LogP) is 3.05. The third kappa shape index (κ3) is 2.61. The van der Waals surface area contributed by atoms with Gasteiger partial charge in [0.2, 0.25) is 5.88 Å². The van der Waals surface area contributed by atoms with Crippen LogP contribution in [0.15, 0.2) is 48.5 Å². The average Bonchev–Trinajstić information content (AvgIpc) is 2.31. The number of ether oxygens (including phenoxy) is 1. The molecule has 1 heterocycles. The van der Waals surface area contributed by atoms with E-state index in [2.05, 4.69) is 10.9 Å². The zero-order valence-electron chi connectivity index (χ0n) is 8.76. The Kier molecular flexibility index (Phi) is 3.20. The van der Waals surface area contributed by atoms with E-state index >= 15 is 0 Å². The first-order chi connectivity index (χ1) is 7.88. The second-order valence-electron chi connectivity index (χ2n) is 3.26. The molecule has 0 saturated carbocycles. The molecule has 0 spiro atoms. The molecule has 0 fully saturated rings. The van der Waals surface area contributed by atoms with Gasteiger partial charge in [-0.25, -0.2) is 4.98 Å². The third-order valence-corrected chi connectivity index (χ3v) is 2.03. The standard InChI is InChI=1S/C14H11NO/c1-2-7-12-8-6-11-14(15-12)16-13-9-4-3-5-10-13/h1,3-6,8-11H,7H2. The van der Waals surface area contributed by atoms with Gasteiger partial charge in [0.15, 0.2) is 0 Å². The summed E-state index contributed by atoms with van der Waals surface area (Å²) >= 11 is 0. The smallest absolute Gasteiger partial charge is 0.219 e. The summed E-state index contributed by atoms with van der Waals surface area (Å²) in [5, 5.41) is 0. The van der Waals surface area contributed by atoms with Crippen LogP contribution < -0.4 is 4.74 Å². The Labute approximate surface area is 94.9 Å². The number of aromatic nitrogens is 1. The number of nitrogens with zero attached hydrogens (tertiary/aromatic N) is 1. The maximum absolute atomic E-state index is 5.59. The Morgan fingerprint density at radius 3 is 2.62 bits per heavy atom. The van der Waals surface area contributed by atoms with Crippen LogP contribution in [0.5, 0.6) is 11.6 Å². The number of para-hydroxylation sites is 1. The van der Waals surface area contributed by atoms with Crippen molar-refractivity contribution in [2.45, 2.75) is 6.42 Å². The van der Waals surface area contributed by atoms with Gasteiger partial charge >= 0.3 is 0 Å². The summed E-state index contributed by atoms with van der Waals surface area (Å²) in [6, 6.07) is 15.1. The summed E-state index contributed by atoms with van der Waals surface area (Å²) in [5.41, 5.74) is 0.843. The fourth-order valence-corrected chi connectivity index (χ4v) is 1.33. The third-order valence-electron chi connectivity index (χ3n) is 2.03. The largest absolute Gasteiger partial charge is 0.439 e. The summed E-state index contributed by atoms with van der Waals surface area (Å²) in [6.45, 7) is 0. The van der Waals surface area contributed by atoms with Gasteiger partial charge in [0.25, 0.3) is 0 Å². The van der Waals surface area contributed by atoms with E-state index in [4.69, 9.17) is 11.2 Å². The Morgan fingerprint density at radius 2 is 1.88 bits per heavy atom. The SMILES string of the molecule is C#CCc1cccc(Oc2ccccc2)n1. The van der Waals surface area contributed by atoms with Gasteiger partial charge in [0.1, 0.15) is 5.75 Å². The van der Waals surface area contributed by atoms with Crippen molar-refractivity contribution in [3.63, 3.8) is 0 Å². The molecule has 2 aromatic rings. The van der Waals surface area contributed by atoms with E-state index in [-0.39, 0.29) is 0 Å². The Balaban J connectivity index is 2.16. The van der Waals surface area contributed by atoms with Crippen molar-refractivity contribution in [1.29, 1.82) is 0 Å². The van der Waals surface area contributed by atoms with Crippen LogP contribution in [0.4, 0.5) is 0 Å². The summed E-state index contributed by atoms with van der Waals surface area (Å²) in [6.07, 6.45) is 5.75. The van der Waals surface area contributed by atoms with Gasteiger partial charge in [-0.15, -0.1) is 12.3 Å². The highest BCUT2D eigenvalue weighted by molar-refractivity contribution is 5.27. The Hall–Kier alpha value is -2.27. The molecule has 0 N–H and O–H groups in total. The Morgan fingerprint density at radius 1 is 1.06 bits per heavy atom. The summed E-state index contributed by atoms with van der Waals surface area (Å²) < 4.78 is 5.59. The molecule has 1 aromatic heterocycles. The van der Waals surface area contributed by atoms with Crippen LogP contribution in [0.25, 0.3) is 0 Å². The van der Waals surface area contributed by atoms with Crippen molar-refractivity contribution >= 4 is 0 Å². The molecule has 0 radical (unpaired) electrons. The van der Waals surface area contributed by atoms with Crippen molar-refractivity contribution in [3.8, 4) is 24.0 Å². The van der Waals surface area contributed by atoms with Gasteiger partial charge in [0, 0.05) is 6.07 Å². The predicted molar refractivity (Wildman–Crippen MR) is 63.3 cm³/mol. The first-order valence-electron chi connectivity index (χ1n) is 5.01. The zero-order chi connectivity index (χ0) is 11.2. The first kappa shape index (κ1) is 10.3. The van der Waals surface area contributed by atoms with Crippen molar-refractivity contribution in [3.05, 3.63) is 54.2 Å². The molecule has 78 valence electrons. The van der Waals surface area contributed by atoms with Crippen LogP contribution in [0.1, 0.15) is 5.69 Å². The van der Waals surface area contributed by atoms with Gasteiger partial charge in [-0.2, -0.15) is 0 Å².